The van der Waals surface area contributed by atoms with Crippen molar-refractivity contribution in [1.82, 2.24) is 0 Å². The highest BCUT2D eigenvalue weighted by molar-refractivity contribution is 5.98. The molecule has 23 heavy (non-hydrogen) atoms. The highest BCUT2D eigenvalue weighted by Gasteiger charge is 2.41. The van der Waals surface area contributed by atoms with Gasteiger partial charge in [0, 0.05) is 0 Å². The molecule has 0 saturated heterocycles. The molecule has 0 bridgehead atoms. The second kappa shape index (κ2) is 7.92. The zero-order valence-corrected chi connectivity index (χ0v) is 12.5. The van der Waals surface area contributed by atoms with Crippen LogP contribution in [0.1, 0.15) is 15.9 Å². The van der Waals surface area contributed by atoms with Gasteiger partial charge in [0.2, 0.25) is 0 Å². The SMILES string of the molecule is COC(=O)c1ccccc1CC(C(=O)O)C(C(=O)O)C(=O)OC. The standard InChI is InChI=1S/C15H16O8/c1-22-14(20)9-6-4-3-5-8(9)7-10(12(16)17)11(13(18)19)15(21)23-2/h3-6,10-11H,7H2,1-2H3,(H,16,17)(H,18,19). The molecular formula is C15H16O8. The summed E-state index contributed by atoms with van der Waals surface area (Å²) in [6, 6.07) is 6.02. The van der Waals surface area contributed by atoms with Crippen molar-refractivity contribution in [3.05, 3.63) is 35.4 Å². The Labute approximate surface area is 131 Å². The van der Waals surface area contributed by atoms with Crippen LogP contribution in [0.15, 0.2) is 24.3 Å². The average Bonchev–Trinajstić information content (AvgIpc) is 2.53. The molecule has 0 amide bonds. The first-order valence-corrected chi connectivity index (χ1v) is 6.53. The van der Waals surface area contributed by atoms with Gasteiger partial charge in [0.1, 0.15) is 0 Å². The zero-order valence-electron chi connectivity index (χ0n) is 12.5. The van der Waals surface area contributed by atoms with Crippen LogP contribution in [0.4, 0.5) is 0 Å². The molecule has 8 heteroatoms. The number of ether oxygens (including phenoxy) is 2. The molecule has 2 unspecified atom stereocenters. The smallest absolute Gasteiger partial charge is 0.338 e. The van der Waals surface area contributed by atoms with Gasteiger partial charge in [-0.25, -0.2) is 4.79 Å². The summed E-state index contributed by atoms with van der Waals surface area (Å²) in [7, 11) is 2.14. The summed E-state index contributed by atoms with van der Waals surface area (Å²) in [6.45, 7) is 0. The molecule has 0 heterocycles. The third-order valence-corrected chi connectivity index (χ3v) is 3.30. The fourth-order valence-electron chi connectivity index (χ4n) is 2.16. The Morgan fingerprint density at radius 1 is 1.00 bits per heavy atom. The third kappa shape index (κ3) is 4.29. The molecule has 1 aromatic rings. The number of hydrogen-bond donors (Lipinski definition) is 2. The number of methoxy groups -OCH3 is 2. The van der Waals surface area contributed by atoms with Crippen LogP contribution in [0.2, 0.25) is 0 Å². The van der Waals surface area contributed by atoms with Gasteiger partial charge in [-0.1, -0.05) is 18.2 Å². The number of carbonyl (C=O) groups excluding carboxylic acids is 2. The summed E-state index contributed by atoms with van der Waals surface area (Å²) in [5, 5.41) is 18.4. The number of hydrogen-bond acceptors (Lipinski definition) is 6. The van der Waals surface area contributed by atoms with Gasteiger partial charge in [-0.2, -0.15) is 0 Å². The number of benzene rings is 1. The van der Waals surface area contributed by atoms with Crippen LogP contribution < -0.4 is 0 Å². The van der Waals surface area contributed by atoms with E-state index < -0.39 is 35.7 Å². The number of carboxylic acids is 2. The van der Waals surface area contributed by atoms with Crippen LogP contribution in [0.3, 0.4) is 0 Å². The van der Waals surface area contributed by atoms with Crippen molar-refractivity contribution in [1.29, 1.82) is 0 Å². The van der Waals surface area contributed by atoms with E-state index in [1.165, 1.54) is 19.2 Å². The highest BCUT2D eigenvalue weighted by Crippen LogP contribution is 2.23. The molecule has 1 aromatic carbocycles. The Morgan fingerprint density at radius 3 is 2.09 bits per heavy atom. The largest absolute Gasteiger partial charge is 0.481 e. The number of aliphatic carboxylic acids is 2. The van der Waals surface area contributed by atoms with E-state index in [0.717, 1.165) is 7.11 Å². The first-order valence-electron chi connectivity index (χ1n) is 6.53. The van der Waals surface area contributed by atoms with Crippen LogP contribution in [-0.2, 0) is 30.3 Å². The van der Waals surface area contributed by atoms with E-state index in [1.807, 2.05) is 0 Å². The number of carbonyl (C=O) groups is 4. The lowest BCUT2D eigenvalue weighted by Gasteiger charge is -2.19. The Hall–Kier alpha value is -2.90. The molecule has 0 aromatic heterocycles. The van der Waals surface area contributed by atoms with Crippen molar-refractivity contribution < 1.29 is 38.9 Å². The normalized spacial score (nSPS) is 12.8. The molecule has 0 saturated carbocycles. The van der Waals surface area contributed by atoms with E-state index in [-0.39, 0.29) is 17.5 Å². The molecule has 0 aliphatic heterocycles. The molecule has 0 aliphatic carbocycles. The fourth-order valence-corrected chi connectivity index (χ4v) is 2.16. The lowest BCUT2D eigenvalue weighted by atomic mass is 9.85. The molecular weight excluding hydrogens is 308 g/mol. The average molecular weight is 324 g/mol. The second-order valence-electron chi connectivity index (χ2n) is 4.64. The van der Waals surface area contributed by atoms with Crippen LogP contribution in [-0.4, -0.2) is 48.3 Å². The number of carboxylic acid groups (broad SMARTS) is 2. The predicted octanol–water partition coefficient (Wildman–Crippen LogP) is 0.590. The lowest BCUT2D eigenvalue weighted by molar-refractivity contribution is -0.165. The maximum Gasteiger partial charge on any atom is 0.338 e. The highest BCUT2D eigenvalue weighted by atomic mass is 16.5. The minimum absolute atomic E-state index is 0.107. The molecule has 124 valence electrons. The number of esters is 2. The summed E-state index contributed by atoms with van der Waals surface area (Å²) < 4.78 is 8.97. The van der Waals surface area contributed by atoms with Crippen molar-refractivity contribution in [2.75, 3.05) is 14.2 Å². The Kier molecular flexibility index (Phi) is 6.25. The summed E-state index contributed by atoms with van der Waals surface area (Å²) in [5.41, 5.74) is 0.372. The zero-order chi connectivity index (χ0) is 17.6. The van der Waals surface area contributed by atoms with Crippen molar-refractivity contribution in [3.63, 3.8) is 0 Å². The van der Waals surface area contributed by atoms with Crippen LogP contribution in [0, 0.1) is 11.8 Å². The third-order valence-electron chi connectivity index (χ3n) is 3.30. The Bertz CT molecular complexity index is 622. The summed E-state index contributed by atoms with van der Waals surface area (Å²) in [6.07, 6.45) is -0.341. The fraction of sp³-hybridized carbons (Fsp3) is 0.333. The maximum absolute atomic E-state index is 11.7. The van der Waals surface area contributed by atoms with Crippen LogP contribution in [0.5, 0.6) is 0 Å². The van der Waals surface area contributed by atoms with Gasteiger partial charge in [0.15, 0.2) is 5.92 Å². The van der Waals surface area contributed by atoms with Gasteiger partial charge in [0.05, 0.1) is 25.7 Å². The van der Waals surface area contributed by atoms with Gasteiger partial charge in [-0.05, 0) is 18.1 Å². The number of rotatable bonds is 7. The molecule has 8 nitrogen and oxygen atoms in total. The first kappa shape index (κ1) is 18.1. The van der Waals surface area contributed by atoms with E-state index >= 15 is 0 Å². The molecule has 2 atom stereocenters. The molecule has 0 radical (unpaired) electrons. The van der Waals surface area contributed by atoms with E-state index in [0.29, 0.717) is 0 Å². The monoisotopic (exact) mass is 324 g/mol. The van der Waals surface area contributed by atoms with Crippen molar-refractivity contribution in [2.45, 2.75) is 6.42 Å². The summed E-state index contributed by atoms with van der Waals surface area (Å²) >= 11 is 0. The Balaban J connectivity index is 3.24. The molecule has 2 N–H and O–H groups in total. The molecule has 1 rings (SSSR count). The van der Waals surface area contributed by atoms with Crippen molar-refractivity contribution >= 4 is 23.9 Å². The summed E-state index contributed by atoms with van der Waals surface area (Å²) in [4.78, 5) is 46.0. The minimum atomic E-state index is -1.89. The van der Waals surface area contributed by atoms with Crippen molar-refractivity contribution in [3.8, 4) is 0 Å². The molecule has 0 aliphatic rings. The van der Waals surface area contributed by atoms with E-state index in [1.54, 1.807) is 12.1 Å². The van der Waals surface area contributed by atoms with Gasteiger partial charge in [-0.3, -0.25) is 14.4 Å². The van der Waals surface area contributed by atoms with Crippen molar-refractivity contribution in [2.24, 2.45) is 11.8 Å². The van der Waals surface area contributed by atoms with E-state index in [4.69, 9.17) is 5.11 Å². The second-order valence-corrected chi connectivity index (χ2v) is 4.64. The Morgan fingerprint density at radius 2 is 1.61 bits per heavy atom. The first-order chi connectivity index (χ1) is 10.8. The van der Waals surface area contributed by atoms with Gasteiger partial charge < -0.3 is 19.7 Å². The van der Waals surface area contributed by atoms with Gasteiger partial charge >= 0.3 is 23.9 Å². The van der Waals surface area contributed by atoms with Crippen LogP contribution >= 0.6 is 0 Å². The predicted molar refractivity (Wildman–Crippen MR) is 75.8 cm³/mol. The molecule has 0 fully saturated rings. The quantitative estimate of drug-likeness (QED) is 0.551. The van der Waals surface area contributed by atoms with Crippen LogP contribution in [0.25, 0.3) is 0 Å². The van der Waals surface area contributed by atoms with E-state index in [2.05, 4.69) is 9.47 Å². The lowest BCUT2D eigenvalue weighted by Crippen LogP contribution is -2.38. The summed E-state index contributed by atoms with van der Waals surface area (Å²) in [5.74, 6) is -8.42. The maximum atomic E-state index is 11.7. The topological polar surface area (TPSA) is 127 Å². The molecule has 0 spiro atoms. The minimum Gasteiger partial charge on any atom is -0.481 e. The van der Waals surface area contributed by atoms with Gasteiger partial charge in [0.25, 0.3) is 0 Å². The van der Waals surface area contributed by atoms with Gasteiger partial charge in [-0.15, -0.1) is 0 Å². The van der Waals surface area contributed by atoms with E-state index in [9.17, 15) is 24.3 Å².